The summed E-state index contributed by atoms with van der Waals surface area (Å²) in [7, 11) is 1.69. The second-order valence-electron chi connectivity index (χ2n) is 5.79. The number of amides is 1. The molecule has 1 aromatic rings. The van der Waals surface area contributed by atoms with Crippen LogP contribution in [-0.4, -0.2) is 43.6 Å². The van der Waals surface area contributed by atoms with Crippen molar-refractivity contribution in [3.05, 3.63) is 29.8 Å². The maximum absolute atomic E-state index is 11.9. The van der Waals surface area contributed by atoms with E-state index in [1.807, 2.05) is 18.2 Å². The number of likely N-dealkylation sites (tertiary alicyclic amines) is 1. The van der Waals surface area contributed by atoms with Gasteiger partial charge in [0.15, 0.2) is 0 Å². The Labute approximate surface area is 125 Å². The molecule has 1 aromatic carbocycles. The number of nitrogens with zero attached hydrogens (tertiary/aromatic N) is 1. The molecule has 5 heteroatoms. The van der Waals surface area contributed by atoms with Gasteiger partial charge < -0.3 is 15.8 Å². The molecule has 2 saturated heterocycles. The van der Waals surface area contributed by atoms with Gasteiger partial charge in [0.25, 0.3) is 0 Å². The number of carbonyl (C=O) groups is 1. The highest BCUT2D eigenvalue weighted by atomic mass is 16.5. The van der Waals surface area contributed by atoms with Crippen LogP contribution in [0.3, 0.4) is 0 Å². The van der Waals surface area contributed by atoms with Crippen LogP contribution in [0.2, 0.25) is 0 Å². The third-order valence-electron chi connectivity index (χ3n) is 4.77. The number of nitrogens with one attached hydrogen (secondary N) is 1. The highest BCUT2D eigenvalue weighted by molar-refractivity contribution is 5.82. The molecule has 0 radical (unpaired) electrons. The van der Waals surface area contributed by atoms with Crippen molar-refractivity contribution in [3.8, 4) is 5.75 Å². The molecule has 0 bridgehead atoms. The maximum atomic E-state index is 11.9. The fraction of sp³-hybridized carbons (Fsp3) is 0.562. The minimum Gasteiger partial charge on any atom is -0.496 e. The highest BCUT2D eigenvalue weighted by Gasteiger charge is 2.43. The highest BCUT2D eigenvalue weighted by Crippen LogP contribution is 2.36. The van der Waals surface area contributed by atoms with Gasteiger partial charge in [0.2, 0.25) is 5.91 Å². The summed E-state index contributed by atoms with van der Waals surface area (Å²) in [6, 6.07) is 8.38. The zero-order chi connectivity index (χ0) is 14.8. The van der Waals surface area contributed by atoms with Crippen LogP contribution >= 0.6 is 0 Å². The second-order valence-corrected chi connectivity index (χ2v) is 5.79. The van der Waals surface area contributed by atoms with Crippen LogP contribution in [0.1, 0.15) is 24.4 Å². The Hall–Kier alpha value is -1.59. The normalized spacial score (nSPS) is 27.0. The molecular formula is C16H23N3O2. The molecule has 0 aliphatic carbocycles. The standard InChI is InChI=1S/C16H23N3O2/c1-21-15-7-3-2-5-11(15)13(9-17)19-8-4-6-12-14(19)10-18-16(12)20/h2-3,5,7,12-14H,4,6,8-10,17H2,1H3,(H,18,20). The molecule has 2 fully saturated rings. The minimum absolute atomic E-state index is 0.0987. The Morgan fingerprint density at radius 2 is 2.29 bits per heavy atom. The van der Waals surface area contributed by atoms with Gasteiger partial charge in [-0.3, -0.25) is 9.69 Å². The Bertz CT molecular complexity index is 520. The lowest BCUT2D eigenvalue weighted by atomic mass is 9.88. The van der Waals surface area contributed by atoms with E-state index in [0.29, 0.717) is 6.54 Å². The summed E-state index contributed by atoms with van der Waals surface area (Å²) < 4.78 is 5.49. The fourth-order valence-electron chi connectivity index (χ4n) is 3.75. The Morgan fingerprint density at radius 3 is 3.05 bits per heavy atom. The van der Waals surface area contributed by atoms with E-state index in [-0.39, 0.29) is 23.9 Å². The third kappa shape index (κ3) is 2.51. The van der Waals surface area contributed by atoms with Gasteiger partial charge in [-0.15, -0.1) is 0 Å². The van der Waals surface area contributed by atoms with Crippen LogP contribution in [-0.2, 0) is 4.79 Å². The quantitative estimate of drug-likeness (QED) is 0.864. The second kappa shape index (κ2) is 6.03. The number of fused-ring (bicyclic) bond motifs is 1. The smallest absolute Gasteiger partial charge is 0.224 e. The fourth-order valence-corrected chi connectivity index (χ4v) is 3.75. The molecule has 5 nitrogen and oxygen atoms in total. The summed E-state index contributed by atoms with van der Waals surface area (Å²) >= 11 is 0. The Kier molecular flexibility index (Phi) is 4.12. The van der Waals surface area contributed by atoms with Gasteiger partial charge in [-0.25, -0.2) is 0 Å². The van der Waals surface area contributed by atoms with Gasteiger partial charge in [-0.1, -0.05) is 18.2 Å². The molecule has 3 rings (SSSR count). The zero-order valence-electron chi connectivity index (χ0n) is 12.4. The molecule has 3 atom stereocenters. The average molecular weight is 289 g/mol. The van der Waals surface area contributed by atoms with Crippen molar-refractivity contribution in [1.82, 2.24) is 10.2 Å². The number of nitrogens with two attached hydrogens (primary N) is 1. The summed E-state index contributed by atoms with van der Waals surface area (Å²) in [5.41, 5.74) is 7.19. The van der Waals surface area contributed by atoms with Crippen molar-refractivity contribution in [3.63, 3.8) is 0 Å². The molecule has 2 aliphatic heterocycles. The predicted molar refractivity (Wildman–Crippen MR) is 81.0 cm³/mol. The molecule has 21 heavy (non-hydrogen) atoms. The van der Waals surface area contributed by atoms with Crippen molar-refractivity contribution < 1.29 is 9.53 Å². The van der Waals surface area contributed by atoms with E-state index in [1.165, 1.54) is 0 Å². The first-order valence-electron chi connectivity index (χ1n) is 7.62. The molecule has 3 unspecified atom stereocenters. The lowest BCUT2D eigenvalue weighted by molar-refractivity contribution is -0.124. The van der Waals surface area contributed by atoms with Crippen molar-refractivity contribution in [2.45, 2.75) is 24.9 Å². The van der Waals surface area contributed by atoms with Gasteiger partial charge in [0.05, 0.1) is 19.1 Å². The van der Waals surface area contributed by atoms with Gasteiger partial charge in [0.1, 0.15) is 5.75 Å². The lowest BCUT2D eigenvalue weighted by Crippen LogP contribution is -2.49. The first kappa shape index (κ1) is 14.4. The predicted octanol–water partition coefficient (Wildman–Crippen LogP) is 0.905. The van der Waals surface area contributed by atoms with E-state index in [0.717, 1.165) is 37.2 Å². The van der Waals surface area contributed by atoms with E-state index < -0.39 is 0 Å². The lowest BCUT2D eigenvalue weighted by Gasteiger charge is -2.41. The molecule has 0 saturated carbocycles. The number of methoxy groups -OCH3 is 1. The first-order valence-corrected chi connectivity index (χ1v) is 7.62. The number of benzene rings is 1. The third-order valence-corrected chi connectivity index (χ3v) is 4.77. The first-order chi connectivity index (χ1) is 10.3. The molecular weight excluding hydrogens is 266 g/mol. The van der Waals surface area contributed by atoms with Gasteiger partial charge in [-0.05, 0) is 25.5 Å². The summed E-state index contributed by atoms with van der Waals surface area (Å²) in [4.78, 5) is 14.3. The molecule has 0 spiro atoms. The zero-order valence-corrected chi connectivity index (χ0v) is 12.4. The monoisotopic (exact) mass is 289 g/mol. The van der Waals surface area contributed by atoms with Crippen molar-refractivity contribution >= 4 is 5.91 Å². The SMILES string of the molecule is COc1ccccc1C(CN)N1CCCC2C(=O)NCC21. The molecule has 3 N–H and O–H groups in total. The summed E-state index contributed by atoms with van der Waals surface area (Å²) in [6.45, 7) is 2.24. The molecule has 114 valence electrons. The van der Waals surface area contributed by atoms with Crippen molar-refractivity contribution in [2.24, 2.45) is 11.7 Å². The van der Waals surface area contributed by atoms with Crippen LogP contribution in [0.5, 0.6) is 5.75 Å². The number of hydrogen-bond acceptors (Lipinski definition) is 4. The maximum Gasteiger partial charge on any atom is 0.224 e. The Balaban J connectivity index is 1.90. The van der Waals surface area contributed by atoms with Crippen LogP contribution in [0.25, 0.3) is 0 Å². The van der Waals surface area contributed by atoms with Crippen molar-refractivity contribution in [1.29, 1.82) is 0 Å². The number of ether oxygens (including phenoxy) is 1. The van der Waals surface area contributed by atoms with Crippen LogP contribution in [0.4, 0.5) is 0 Å². The van der Waals surface area contributed by atoms with Gasteiger partial charge in [0, 0.05) is 24.7 Å². The largest absolute Gasteiger partial charge is 0.496 e. The van der Waals surface area contributed by atoms with E-state index >= 15 is 0 Å². The molecule has 2 aliphatic rings. The topological polar surface area (TPSA) is 67.6 Å². The average Bonchev–Trinajstić information content (AvgIpc) is 2.91. The van der Waals surface area contributed by atoms with Gasteiger partial charge >= 0.3 is 0 Å². The van der Waals surface area contributed by atoms with Gasteiger partial charge in [-0.2, -0.15) is 0 Å². The molecule has 2 heterocycles. The summed E-state index contributed by atoms with van der Waals surface area (Å²) in [6.07, 6.45) is 2.02. The number of hydrogen-bond donors (Lipinski definition) is 2. The summed E-state index contributed by atoms with van der Waals surface area (Å²) in [5.74, 6) is 1.18. The Morgan fingerprint density at radius 1 is 1.48 bits per heavy atom. The molecule has 1 amide bonds. The number of carbonyl (C=O) groups excluding carboxylic acids is 1. The van der Waals surface area contributed by atoms with Crippen LogP contribution < -0.4 is 15.8 Å². The van der Waals surface area contributed by atoms with Crippen LogP contribution in [0, 0.1) is 5.92 Å². The number of rotatable bonds is 4. The number of piperidine rings is 1. The van der Waals surface area contributed by atoms with E-state index in [4.69, 9.17) is 10.5 Å². The summed E-state index contributed by atoms with van der Waals surface area (Å²) in [5, 5.41) is 3.00. The number of para-hydroxylation sites is 1. The van der Waals surface area contributed by atoms with E-state index in [1.54, 1.807) is 7.11 Å². The van der Waals surface area contributed by atoms with E-state index in [9.17, 15) is 4.79 Å². The van der Waals surface area contributed by atoms with Crippen molar-refractivity contribution in [2.75, 3.05) is 26.7 Å². The molecule has 0 aromatic heterocycles. The van der Waals surface area contributed by atoms with Crippen LogP contribution in [0.15, 0.2) is 24.3 Å². The van der Waals surface area contributed by atoms with E-state index in [2.05, 4.69) is 16.3 Å². The minimum atomic E-state index is 0.0987.